The van der Waals surface area contributed by atoms with Crippen molar-refractivity contribution in [3.05, 3.63) is 0 Å². The minimum Gasteiger partial charge on any atom is -0.444 e. The Kier molecular flexibility index (Phi) is 2.24. The van der Waals surface area contributed by atoms with Crippen LogP contribution in [0.1, 0.15) is 33.6 Å². The first-order valence-electron chi connectivity index (χ1n) is 5.39. The fourth-order valence-corrected chi connectivity index (χ4v) is 2.20. The van der Waals surface area contributed by atoms with Gasteiger partial charge in [0.1, 0.15) is 11.9 Å². The lowest BCUT2D eigenvalue weighted by molar-refractivity contribution is -0.112. The fraction of sp³-hybridized carbons (Fsp3) is 0.818. The van der Waals surface area contributed by atoms with E-state index in [-0.39, 0.29) is 18.2 Å². The third-order valence-corrected chi connectivity index (χ3v) is 2.91. The van der Waals surface area contributed by atoms with E-state index in [0.717, 1.165) is 19.1 Å². The van der Waals surface area contributed by atoms with Crippen LogP contribution in [0.15, 0.2) is 0 Å². The molecule has 0 aromatic carbocycles. The predicted molar refractivity (Wildman–Crippen MR) is 54.4 cm³/mol. The Balaban J connectivity index is 2.02. The van der Waals surface area contributed by atoms with Crippen molar-refractivity contribution in [3.8, 4) is 0 Å². The molecule has 1 heterocycles. The summed E-state index contributed by atoms with van der Waals surface area (Å²) in [4.78, 5) is 24.2. The van der Waals surface area contributed by atoms with Crippen molar-refractivity contribution in [2.75, 3.05) is 0 Å². The molecule has 2 aliphatic rings. The normalized spacial score (nSPS) is 33.5. The van der Waals surface area contributed by atoms with Crippen LogP contribution in [0.4, 0.5) is 4.79 Å². The summed E-state index contributed by atoms with van der Waals surface area (Å²) < 4.78 is 5.28. The summed E-state index contributed by atoms with van der Waals surface area (Å²) >= 11 is 0. The van der Waals surface area contributed by atoms with E-state index in [1.54, 1.807) is 4.90 Å². The number of ether oxygens (including phenoxy) is 1. The summed E-state index contributed by atoms with van der Waals surface area (Å²) in [5, 5.41) is 0. The quantitative estimate of drug-likeness (QED) is 0.619. The number of piperidine rings is 1. The molecule has 0 unspecified atom stereocenters. The van der Waals surface area contributed by atoms with Crippen LogP contribution in [0, 0.1) is 5.92 Å². The average Bonchev–Trinajstić information content (AvgIpc) is 2.73. The van der Waals surface area contributed by atoms with Gasteiger partial charge in [0.2, 0.25) is 0 Å². The maximum Gasteiger partial charge on any atom is 0.411 e. The van der Waals surface area contributed by atoms with Gasteiger partial charge in [0, 0.05) is 6.04 Å². The van der Waals surface area contributed by atoms with E-state index in [9.17, 15) is 9.59 Å². The molecule has 3 atom stereocenters. The van der Waals surface area contributed by atoms with Crippen LogP contribution in [-0.2, 0) is 9.53 Å². The summed E-state index contributed by atoms with van der Waals surface area (Å²) in [6.07, 6.45) is 2.36. The molecule has 15 heavy (non-hydrogen) atoms. The standard InChI is InChI=1S/C11H17NO3/c1-11(2,3)15-10(14)12-8(6-13)4-7-5-9(7)12/h6-9H,4-5H2,1-3H3/t7-,8+,9+/m0/s1. The highest BCUT2D eigenvalue weighted by Gasteiger charge is 2.54. The first-order valence-corrected chi connectivity index (χ1v) is 5.39. The number of aldehydes is 1. The molecule has 4 nitrogen and oxygen atoms in total. The monoisotopic (exact) mass is 211 g/mol. The fourth-order valence-electron chi connectivity index (χ4n) is 2.20. The van der Waals surface area contributed by atoms with Crippen LogP contribution >= 0.6 is 0 Å². The van der Waals surface area contributed by atoms with Crippen LogP contribution in [0.5, 0.6) is 0 Å². The summed E-state index contributed by atoms with van der Waals surface area (Å²) in [5.74, 6) is 0.535. The molecule has 1 amide bonds. The van der Waals surface area contributed by atoms with Gasteiger partial charge in [0.15, 0.2) is 0 Å². The number of amides is 1. The van der Waals surface area contributed by atoms with Gasteiger partial charge in [-0.15, -0.1) is 0 Å². The van der Waals surface area contributed by atoms with E-state index >= 15 is 0 Å². The highest BCUT2D eigenvalue weighted by molar-refractivity contribution is 5.76. The van der Waals surface area contributed by atoms with Gasteiger partial charge in [0.25, 0.3) is 0 Å². The van der Waals surface area contributed by atoms with Crippen molar-refractivity contribution in [3.63, 3.8) is 0 Å². The predicted octanol–water partition coefficient (Wildman–Crippen LogP) is 1.58. The molecule has 1 saturated carbocycles. The Hall–Kier alpha value is -1.06. The summed E-state index contributed by atoms with van der Waals surface area (Å²) in [7, 11) is 0. The van der Waals surface area contributed by atoms with Gasteiger partial charge >= 0.3 is 6.09 Å². The third-order valence-electron chi connectivity index (χ3n) is 2.91. The largest absolute Gasteiger partial charge is 0.444 e. The van der Waals surface area contributed by atoms with Crippen molar-refractivity contribution in [1.82, 2.24) is 4.90 Å². The number of carbonyl (C=O) groups excluding carboxylic acids is 2. The van der Waals surface area contributed by atoms with E-state index in [2.05, 4.69) is 0 Å². The van der Waals surface area contributed by atoms with E-state index < -0.39 is 5.60 Å². The SMILES string of the molecule is CC(C)(C)OC(=O)N1[C@@H]2C[C@@H]2C[C@@H]1C=O. The van der Waals surface area contributed by atoms with Crippen LogP contribution < -0.4 is 0 Å². The maximum absolute atomic E-state index is 11.8. The number of carbonyl (C=O) groups is 2. The van der Waals surface area contributed by atoms with Crippen molar-refractivity contribution >= 4 is 12.4 Å². The Morgan fingerprint density at radius 1 is 1.40 bits per heavy atom. The number of nitrogens with zero attached hydrogens (tertiary/aromatic N) is 1. The molecule has 0 spiro atoms. The van der Waals surface area contributed by atoms with E-state index in [0.29, 0.717) is 5.92 Å². The zero-order valence-electron chi connectivity index (χ0n) is 9.40. The molecule has 0 bridgehead atoms. The Bertz CT molecular complexity index is 295. The lowest BCUT2D eigenvalue weighted by Gasteiger charge is -2.28. The third kappa shape index (κ3) is 1.98. The Morgan fingerprint density at radius 2 is 2.07 bits per heavy atom. The lowest BCUT2D eigenvalue weighted by atomic mass is 10.2. The van der Waals surface area contributed by atoms with Gasteiger partial charge in [-0.3, -0.25) is 4.90 Å². The Morgan fingerprint density at radius 3 is 2.60 bits per heavy atom. The Labute approximate surface area is 89.6 Å². The van der Waals surface area contributed by atoms with Crippen LogP contribution in [-0.4, -0.2) is 35.0 Å². The molecule has 1 aliphatic carbocycles. The highest BCUT2D eigenvalue weighted by atomic mass is 16.6. The first-order chi connectivity index (χ1) is 6.92. The van der Waals surface area contributed by atoms with E-state index in [1.165, 1.54) is 0 Å². The van der Waals surface area contributed by atoms with Gasteiger partial charge in [0.05, 0.1) is 6.04 Å². The van der Waals surface area contributed by atoms with Crippen LogP contribution in [0.25, 0.3) is 0 Å². The lowest BCUT2D eigenvalue weighted by Crippen LogP contribution is -2.42. The number of likely N-dealkylation sites (tertiary alicyclic amines) is 1. The molecule has 4 heteroatoms. The maximum atomic E-state index is 11.8. The smallest absolute Gasteiger partial charge is 0.411 e. The van der Waals surface area contributed by atoms with E-state index in [4.69, 9.17) is 4.74 Å². The van der Waals surface area contributed by atoms with Gasteiger partial charge < -0.3 is 9.53 Å². The molecule has 84 valence electrons. The molecule has 0 N–H and O–H groups in total. The molecule has 0 aromatic rings. The van der Waals surface area contributed by atoms with Gasteiger partial charge in [-0.1, -0.05) is 0 Å². The number of rotatable bonds is 1. The summed E-state index contributed by atoms with van der Waals surface area (Å²) in [6, 6.07) is -0.00125. The summed E-state index contributed by atoms with van der Waals surface area (Å²) in [5.41, 5.74) is -0.489. The molecule has 1 aliphatic heterocycles. The second-order valence-corrected chi connectivity index (χ2v) is 5.39. The van der Waals surface area contributed by atoms with Crippen LogP contribution in [0.3, 0.4) is 0 Å². The second kappa shape index (κ2) is 3.22. The molecule has 0 aromatic heterocycles. The number of fused-ring (bicyclic) bond motifs is 1. The van der Waals surface area contributed by atoms with E-state index in [1.807, 2.05) is 20.8 Å². The molecule has 1 saturated heterocycles. The minimum absolute atomic E-state index is 0.259. The van der Waals surface area contributed by atoms with Gasteiger partial charge in [-0.2, -0.15) is 0 Å². The van der Waals surface area contributed by atoms with Crippen molar-refractivity contribution in [2.45, 2.75) is 51.3 Å². The van der Waals surface area contributed by atoms with Gasteiger partial charge in [-0.25, -0.2) is 4.79 Å². The second-order valence-electron chi connectivity index (χ2n) is 5.39. The van der Waals surface area contributed by atoms with Crippen molar-refractivity contribution < 1.29 is 14.3 Å². The zero-order chi connectivity index (χ0) is 11.2. The first kappa shape index (κ1) is 10.5. The summed E-state index contributed by atoms with van der Waals surface area (Å²) in [6.45, 7) is 5.50. The molecule has 2 rings (SSSR count). The number of hydrogen-bond donors (Lipinski definition) is 0. The average molecular weight is 211 g/mol. The van der Waals surface area contributed by atoms with Crippen LogP contribution in [0.2, 0.25) is 0 Å². The highest BCUT2D eigenvalue weighted by Crippen LogP contribution is 2.47. The molecule has 0 radical (unpaired) electrons. The van der Waals surface area contributed by atoms with Crippen molar-refractivity contribution in [1.29, 1.82) is 0 Å². The van der Waals surface area contributed by atoms with Crippen molar-refractivity contribution in [2.24, 2.45) is 5.92 Å². The zero-order valence-corrected chi connectivity index (χ0v) is 9.40. The minimum atomic E-state index is -0.489. The number of hydrogen-bond acceptors (Lipinski definition) is 3. The topological polar surface area (TPSA) is 46.6 Å². The molecule has 2 fully saturated rings. The molecular weight excluding hydrogens is 194 g/mol. The molecular formula is C11H17NO3. The van der Waals surface area contributed by atoms with Gasteiger partial charge in [-0.05, 0) is 39.5 Å².